The van der Waals surface area contributed by atoms with E-state index in [1.165, 1.54) is 12.2 Å². The van der Waals surface area contributed by atoms with Gasteiger partial charge in [-0.05, 0) is 56.6 Å². The number of hydrogen-bond donors (Lipinski definition) is 3. The Bertz CT molecular complexity index is 805. The molecule has 0 aromatic rings. The fraction of sp³-hybridized carbons (Fsp3) is 0.727. The Kier molecular flexibility index (Phi) is 4.15. The minimum absolute atomic E-state index is 0.0676. The van der Waals surface area contributed by atoms with Crippen LogP contribution in [0.3, 0.4) is 0 Å². The van der Waals surface area contributed by atoms with Crippen molar-refractivity contribution >= 4 is 11.6 Å². The van der Waals surface area contributed by atoms with Crippen LogP contribution in [-0.4, -0.2) is 50.9 Å². The van der Waals surface area contributed by atoms with Gasteiger partial charge in [-0.2, -0.15) is 0 Å². The van der Waals surface area contributed by atoms with Crippen molar-refractivity contribution in [3.05, 3.63) is 23.8 Å². The summed E-state index contributed by atoms with van der Waals surface area (Å²) in [5.41, 5.74) is -5.17. The third-order valence-electron chi connectivity index (χ3n) is 8.79. The lowest BCUT2D eigenvalue weighted by molar-refractivity contribution is -0.219. The van der Waals surface area contributed by atoms with Crippen LogP contribution in [0.15, 0.2) is 23.8 Å². The first-order valence-corrected chi connectivity index (χ1v) is 10.1. The highest BCUT2D eigenvalue weighted by molar-refractivity contribution is 6.01. The molecule has 0 radical (unpaired) electrons. The van der Waals surface area contributed by atoms with Crippen LogP contribution < -0.4 is 0 Å². The molecule has 0 amide bonds. The zero-order valence-corrected chi connectivity index (χ0v) is 16.6. The topological polar surface area (TPSA) is 94.8 Å². The maximum atomic E-state index is 16.9. The summed E-state index contributed by atoms with van der Waals surface area (Å²) in [7, 11) is 0. The zero-order chi connectivity index (χ0) is 20.7. The molecule has 3 saturated carbocycles. The first kappa shape index (κ1) is 19.9. The van der Waals surface area contributed by atoms with E-state index in [0.717, 1.165) is 0 Å². The van der Waals surface area contributed by atoms with Gasteiger partial charge in [-0.15, -0.1) is 0 Å². The third kappa shape index (κ3) is 2.01. The molecule has 0 aromatic heterocycles. The maximum Gasteiger partial charge on any atom is 0.190 e. The lowest BCUT2D eigenvalue weighted by Gasteiger charge is -2.62. The van der Waals surface area contributed by atoms with Gasteiger partial charge in [0.15, 0.2) is 17.2 Å². The van der Waals surface area contributed by atoms with E-state index in [0.29, 0.717) is 24.8 Å². The summed E-state index contributed by atoms with van der Waals surface area (Å²) in [4.78, 5) is 24.4. The minimum atomic E-state index is -1.98. The van der Waals surface area contributed by atoms with Crippen LogP contribution >= 0.6 is 0 Å². The molecule has 0 heterocycles. The second-order valence-electron chi connectivity index (χ2n) is 9.75. The summed E-state index contributed by atoms with van der Waals surface area (Å²) in [6, 6.07) is 0. The van der Waals surface area contributed by atoms with Crippen molar-refractivity contribution in [2.24, 2.45) is 28.6 Å². The van der Waals surface area contributed by atoms with Gasteiger partial charge in [0.2, 0.25) is 0 Å². The molecule has 3 fully saturated rings. The molecular weight excluding hydrogens is 363 g/mol. The Morgan fingerprint density at radius 3 is 2.64 bits per heavy atom. The second kappa shape index (κ2) is 5.83. The monoisotopic (exact) mass is 392 g/mol. The first-order valence-electron chi connectivity index (χ1n) is 10.1. The molecule has 6 heteroatoms. The number of fused-ring (bicyclic) bond motifs is 5. The predicted molar refractivity (Wildman–Crippen MR) is 99.9 cm³/mol. The number of hydrogen-bond acceptors (Lipinski definition) is 5. The van der Waals surface area contributed by atoms with Crippen molar-refractivity contribution in [3.8, 4) is 0 Å². The lowest BCUT2D eigenvalue weighted by Crippen LogP contribution is -2.69. The van der Waals surface area contributed by atoms with Crippen LogP contribution in [0, 0.1) is 28.6 Å². The highest BCUT2D eigenvalue weighted by atomic mass is 19.1. The van der Waals surface area contributed by atoms with E-state index < -0.39 is 52.4 Å². The molecular formula is C22H29FO5. The molecule has 4 aliphatic carbocycles. The van der Waals surface area contributed by atoms with Gasteiger partial charge >= 0.3 is 0 Å². The van der Waals surface area contributed by atoms with E-state index in [1.807, 2.05) is 0 Å². The van der Waals surface area contributed by atoms with Crippen LogP contribution in [0.5, 0.6) is 0 Å². The van der Waals surface area contributed by atoms with Crippen LogP contribution in [-0.2, 0) is 9.59 Å². The van der Waals surface area contributed by atoms with Crippen molar-refractivity contribution in [3.63, 3.8) is 0 Å². The zero-order valence-electron chi connectivity index (χ0n) is 16.6. The maximum absolute atomic E-state index is 16.9. The number of aliphatic hydroxyl groups excluding tert-OH is 2. The van der Waals surface area contributed by atoms with Crippen LogP contribution in [0.25, 0.3) is 0 Å². The van der Waals surface area contributed by atoms with E-state index in [9.17, 15) is 24.9 Å². The summed E-state index contributed by atoms with van der Waals surface area (Å²) in [6.07, 6.45) is 4.44. The van der Waals surface area contributed by atoms with Crippen molar-refractivity contribution in [1.82, 2.24) is 0 Å². The SMILES string of the molecule is C[C@@H]1CC2[C@@H]3CCC4=CC(=O)C=C[C@]4(C)[C@]3(F)[C@@H](O)C[C@]2(C)[C@@]1(O)C(=O)CO. The number of aliphatic hydroxyl groups is 3. The number of carbonyl (C=O) groups excluding carboxylic acids is 2. The van der Waals surface area contributed by atoms with Gasteiger partial charge in [0, 0.05) is 16.7 Å². The van der Waals surface area contributed by atoms with Gasteiger partial charge in [-0.1, -0.05) is 25.5 Å². The van der Waals surface area contributed by atoms with Crippen LogP contribution in [0.4, 0.5) is 4.39 Å². The number of ketones is 2. The average molecular weight is 392 g/mol. The van der Waals surface area contributed by atoms with Crippen molar-refractivity contribution in [1.29, 1.82) is 0 Å². The van der Waals surface area contributed by atoms with Crippen molar-refractivity contribution in [2.45, 2.75) is 63.8 Å². The molecule has 8 atom stereocenters. The summed E-state index contributed by atoms with van der Waals surface area (Å²) in [5, 5.41) is 32.0. The van der Waals surface area contributed by atoms with Gasteiger partial charge in [0.25, 0.3) is 0 Å². The number of carbonyl (C=O) groups is 2. The highest BCUT2D eigenvalue weighted by Crippen LogP contribution is 2.70. The average Bonchev–Trinajstić information content (AvgIpc) is 2.84. The second-order valence-corrected chi connectivity index (χ2v) is 9.75. The molecule has 0 bridgehead atoms. The molecule has 1 unspecified atom stereocenters. The number of halogens is 1. The van der Waals surface area contributed by atoms with Gasteiger partial charge in [0.05, 0.1) is 6.10 Å². The molecule has 154 valence electrons. The van der Waals surface area contributed by atoms with Crippen molar-refractivity contribution < 1.29 is 29.3 Å². The molecule has 0 saturated heterocycles. The van der Waals surface area contributed by atoms with Crippen LogP contribution in [0.2, 0.25) is 0 Å². The Morgan fingerprint density at radius 2 is 2.00 bits per heavy atom. The smallest absolute Gasteiger partial charge is 0.190 e. The van der Waals surface area contributed by atoms with Gasteiger partial charge < -0.3 is 15.3 Å². The molecule has 0 aliphatic heterocycles. The Balaban J connectivity index is 1.84. The normalized spacial score (nSPS) is 52.5. The highest BCUT2D eigenvalue weighted by Gasteiger charge is 2.75. The van der Waals surface area contributed by atoms with E-state index in [-0.39, 0.29) is 18.1 Å². The predicted octanol–water partition coefficient (Wildman–Crippen LogP) is 1.90. The van der Waals surface area contributed by atoms with Gasteiger partial charge in [-0.25, -0.2) is 4.39 Å². The van der Waals surface area contributed by atoms with Gasteiger partial charge in [0.1, 0.15) is 12.2 Å². The van der Waals surface area contributed by atoms with E-state index in [2.05, 4.69) is 0 Å². The summed E-state index contributed by atoms with van der Waals surface area (Å²) < 4.78 is 16.9. The molecule has 5 nitrogen and oxygen atoms in total. The summed E-state index contributed by atoms with van der Waals surface area (Å²) in [6.45, 7) is 4.48. The van der Waals surface area contributed by atoms with Crippen LogP contribution in [0.1, 0.15) is 46.5 Å². The van der Waals surface area contributed by atoms with Crippen molar-refractivity contribution in [2.75, 3.05) is 6.61 Å². The van der Waals surface area contributed by atoms with E-state index in [4.69, 9.17) is 0 Å². The third-order valence-corrected chi connectivity index (χ3v) is 8.79. The van der Waals surface area contributed by atoms with E-state index >= 15 is 4.39 Å². The fourth-order valence-electron chi connectivity index (χ4n) is 7.26. The Morgan fingerprint density at radius 1 is 1.32 bits per heavy atom. The molecule has 28 heavy (non-hydrogen) atoms. The number of alkyl halides is 1. The molecule has 0 aromatic carbocycles. The van der Waals surface area contributed by atoms with Gasteiger partial charge in [-0.3, -0.25) is 9.59 Å². The number of allylic oxidation sites excluding steroid dienone is 4. The first-order chi connectivity index (χ1) is 13.0. The molecule has 4 rings (SSSR count). The van der Waals surface area contributed by atoms with E-state index in [1.54, 1.807) is 26.8 Å². The number of Topliss-reactive ketones (excluding diaryl/α,β-unsaturated/α-hetero) is 1. The molecule has 3 N–H and O–H groups in total. The fourth-order valence-corrected chi connectivity index (χ4v) is 7.26. The quantitative estimate of drug-likeness (QED) is 0.667. The largest absolute Gasteiger partial charge is 0.390 e. The standard InChI is InChI=1S/C22H29FO5/c1-12-8-16-15-5-4-13-9-14(25)6-7-19(13,2)21(15,23)17(26)10-20(16,3)22(12,28)18(27)11-24/h6-7,9,12,15-17,24,26,28H,4-5,8,10-11H2,1-3H3/t12-,15+,16?,17+,19+,20+,21-,22+/m1/s1. The Hall–Kier alpha value is -1.37. The number of rotatable bonds is 2. The lowest BCUT2D eigenvalue weighted by atomic mass is 9.44. The summed E-state index contributed by atoms with van der Waals surface area (Å²) >= 11 is 0. The summed E-state index contributed by atoms with van der Waals surface area (Å²) in [5.74, 6) is -2.12. The minimum Gasteiger partial charge on any atom is -0.390 e. The Labute approximate surface area is 164 Å². The molecule has 4 aliphatic rings. The molecule has 0 spiro atoms.